The van der Waals surface area contributed by atoms with Crippen molar-refractivity contribution >= 4 is 16.6 Å². The summed E-state index contributed by atoms with van der Waals surface area (Å²) in [4.78, 5) is 4.80. The van der Waals surface area contributed by atoms with Crippen molar-refractivity contribution in [2.75, 3.05) is 11.9 Å². The summed E-state index contributed by atoms with van der Waals surface area (Å²) in [5, 5.41) is 4.73. The fraction of sp³-hybridized carbons (Fsp3) is 0.500. The Labute approximate surface area is 122 Å². The predicted octanol–water partition coefficient (Wildman–Crippen LogP) is 5.30. The molecule has 0 saturated carbocycles. The van der Waals surface area contributed by atoms with Crippen LogP contribution in [-0.4, -0.2) is 11.5 Å². The number of hydrogen-bond acceptors (Lipinski definition) is 2. The van der Waals surface area contributed by atoms with Crippen LogP contribution in [0.15, 0.2) is 24.3 Å². The third kappa shape index (κ3) is 2.95. The molecule has 1 heterocycles. The molecular weight excluding hydrogens is 244 g/mol. The van der Waals surface area contributed by atoms with Gasteiger partial charge in [-0.25, -0.2) is 0 Å². The van der Waals surface area contributed by atoms with E-state index >= 15 is 0 Å². The molecule has 1 aromatic heterocycles. The van der Waals surface area contributed by atoms with Crippen LogP contribution in [0.25, 0.3) is 10.9 Å². The van der Waals surface area contributed by atoms with Crippen LogP contribution in [0, 0.1) is 0 Å². The molecule has 0 aliphatic carbocycles. The van der Waals surface area contributed by atoms with Gasteiger partial charge in [0, 0.05) is 23.3 Å². The third-order valence-corrected chi connectivity index (χ3v) is 3.99. The van der Waals surface area contributed by atoms with Crippen LogP contribution < -0.4 is 5.32 Å². The maximum atomic E-state index is 4.80. The molecule has 0 radical (unpaired) electrons. The van der Waals surface area contributed by atoms with Crippen molar-refractivity contribution in [1.29, 1.82) is 0 Å². The molecule has 0 bridgehead atoms. The highest BCUT2D eigenvalue weighted by atomic mass is 14.9. The maximum Gasteiger partial charge on any atom is 0.0726 e. The van der Waals surface area contributed by atoms with E-state index in [2.05, 4.69) is 64.2 Å². The zero-order valence-electron chi connectivity index (χ0n) is 13.3. The molecule has 0 aliphatic rings. The molecule has 1 unspecified atom stereocenters. The Balaban J connectivity index is 2.60. The fourth-order valence-corrected chi connectivity index (χ4v) is 2.44. The van der Waals surface area contributed by atoms with Crippen molar-refractivity contribution in [3.05, 3.63) is 35.5 Å². The van der Waals surface area contributed by atoms with E-state index in [-0.39, 0.29) is 0 Å². The molecule has 1 atom stereocenters. The lowest BCUT2D eigenvalue weighted by atomic mass is 9.96. The Morgan fingerprint density at radius 1 is 1.10 bits per heavy atom. The van der Waals surface area contributed by atoms with E-state index < -0.39 is 0 Å². The predicted molar refractivity (Wildman–Crippen MR) is 88.7 cm³/mol. The molecule has 2 nitrogen and oxygen atoms in total. The second-order valence-corrected chi connectivity index (χ2v) is 5.87. The standard InChI is InChI=1S/C18H26N2/c1-6-13(5)14-8-9-16-15(10-14)18(19-7-2)11-17(20-16)12(3)4/h8-13H,6-7H2,1-5H3,(H,19,20). The lowest BCUT2D eigenvalue weighted by molar-refractivity contribution is 0.734. The lowest BCUT2D eigenvalue weighted by Crippen LogP contribution is -2.02. The van der Waals surface area contributed by atoms with Gasteiger partial charge in [0.1, 0.15) is 0 Å². The first-order chi connectivity index (χ1) is 9.56. The van der Waals surface area contributed by atoms with Crippen LogP contribution in [0.2, 0.25) is 0 Å². The zero-order valence-corrected chi connectivity index (χ0v) is 13.3. The van der Waals surface area contributed by atoms with Crippen molar-refractivity contribution in [2.45, 2.75) is 52.9 Å². The average molecular weight is 270 g/mol. The van der Waals surface area contributed by atoms with Gasteiger partial charge in [0.25, 0.3) is 0 Å². The molecule has 2 heteroatoms. The number of benzene rings is 1. The van der Waals surface area contributed by atoms with Crippen LogP contribution in [-0.2, 0) is 0 Å². The molecule has 1 aromatic carbocycles. The van der Waals surface area contributed by atoms with Gasteiger partial charge in [0.2, 0.25) is 0 Å². The number of hydrogen-bond donors (Lipinski definition) is 1. The van der Waals surface area contributed by atoms with Gasteiger partial charge >= 0.3 is 0 Å². The number of anilines is 1. The summed E-state index contributed by atoms with van der Waals surface area (Å²) in [5.41, 5.74) is 4.87. The van der Waals surface area contributed by atoms with E-state index in [1.807, 2.05) is 0 Å². The van der Waals surface area contributed by atoms with Crippen LogP contribution in [0.5, 0.6) is 0 Å². The molecule has 108 valence electrons. The highest BCUT2D eigenvalue weighted by molar-refractivity contribution is 5.92. The highest BCUT2D eigenvalue weighted by Gasteiger charge is 2.10. The van der Waals surface area contributed by atoms with Gasteiger partial charge in [-0.15, -0.1) is 0 Å². The molecule has 2 rings (SSSR count). The van der Waals surface area contributed by atoms with E-state index in [1.165, 1.54) is 23.1 Å². The molecule has 0 aliphatic heterocycles. The minimum atomic E-state index is 0.450. The van der Waals surface area contributed by atoms with Crippen molar-refractivity contribution in [3.8, 4) is 0 Å². The Bertz CT molecular complexity index is 587. The highest BCUT2D eigenvalue weighted by Crippen LogP contribution is 2.30. The van der Waals surface area contributed by atoms with Gasteiger partial charge in [-0.3, -0.25) is 4.98 Å². The molecule has 0 amide bonds. The number of fused-ring (bicyclic) bond motifs is 1. The number of nitrogens with zero attached hydrogens (tertiary/aromatic N) is 1. The van der Waals surface area contributed by atoms with Crippen molar-refractivity contribution in [2.24, 2.45) is 0 Å². The summed E-state index contributed by atoms with van der Waals surface area (Å²) in [5.74, 6) is 1.05. The molecule has 0 spiro atoms. The number of aromatic nitrogens is 1. The fourth-order valence-electron chi connectivity index (χ4n) is 2.44. The second-order valence-electron chi connectivity index (χ2n) is 5.87. The largest absolute Gasteiger partial charge is 0.385 e. The lowest BCUT2D eigenvalue weighted by Gasteiger charge is -2.15. The molecule has 1 N–H and O–H groups in total. The zero-order chi connectivity index (χ0) is 14.7. The first-order valence-electron chi connectivity index (χ1n) is 7.75. The normalized spacial score (nSPS) is 12.9. The quantitative estimate of drug-likeness (QED) is 0.797. The van der Waals surface area contributed by atoms with Gasteiger partial charge < -0.3 is 5.32 Å². The van der Waals surface area contributed by atoms with Crippen LogP contribution in [0.3, 0.4) is 0 Å². The summed E-state index contributed by atoms with van der Waals surface area (Å²) in [7, 11) is 0. The minimum Gasteiger partial charge on any atom is -0.385 e. The number of nitrogens with one attached hydrogen (secondary N) is 1. The van der Waals surface area contributed by atoms with Crippen molar-refractivity contribution in [3.63, 3.8) is 0 Å². The van der Waals surface area contributed by atoms with E-state index in [0.717, 1.165) is 17.8 Å². The Hall–Kier alpha value is -1.57. The third-order valence-electron chi connectivity index (χ3n) is 3.99. The maximum absolute atomic E-state index is 4.80. The van der Waals surface area contributed by atoms with Crippen LogP contribution in [0.1, 0.15) is 64.1 Å². The van der Waals surface area contributed by atoms with Crippen molar-refractivity contribution in [1.82, 2.24) is 4.98 Å². The van der Waals surface area contributed by atoms with Crippen molar-refractivity contribution < 1.29 is 0 Å². The molecule has 0 saturated heterocycles. The smallest absolute Gasteiger partial charge is 0.0726 e. The number of rotatable bonds is 5. The Morgan fingerprint density at radius 2 is 1.85 bits per heavy atom. The topological polar surface area (TPSA) is 24.9 Å². The van der Waals surface area contributed by atoms with Gasteiger partial charge in [-0.1, -0.05) is 33.8 Å². The summed E-state index contributed by atoms with van der Waals surface area (Å²) >= 11 is 0. The van der Waals surface area contributed by atoms with E-state index in [9.17, 15) is 0 Å². The Morgan fingerprint density at radius 3 is 2.45 bits per heavy atom. The van der Waals surface area contributed by atoms with Gasteiger partial charge in [0.15, 0.2) is 0 Å². The monoisotopic (exact) mass is 270 g/mol. The summed E-state index contributed by atoms with van der Waals surface area (Å²) in [6.45, 7) is 12.0. The molecule has 20 heavy (non-hydrogen) atoms. The van der Waals surface area contributed by atoms with Crippen LogP contribution in [0.4, 0.5) is 5.69 Å². The van der Waals surface area contributed by atoms with E-state index in [1.54, 1.807) is 0 Å². The minimum absolute atomic E-state index is 0.450. The Kier molecular flexibility index (Phi) is 4.64. The van der Waals surface area contributed by atoms with Gasteiger partial charge in [0.05, 0.1) is 5.52 Å². The SMILES string of the molecule is CCNc1cc(C(C)C)nc2ccc(C(C)CC)cc12. The first-order valence-corrected chi connectivity index (χ1v) is 7.75. The number of pyridine rings is 1. The first kappa shape index (κ1) is 14.8. The van der Waals surface area contributed by atoms with Crippen LogP contribution >= 0.6 is 0 Å². The molecule has 0 fully saturated rings. The summed E-state index contributed by atoms with van der Waals surface area (Å²) in [6, 6.07) is 8.91. The average Bonchev–Trinajstić information content (AvgIpc) is 2.46. The molecule has 2 aromatic rings. The van der Waals surface area contributed by atoms with Gasteiger partial charge in [-0.05, 0) is 48.9 Å². The molecular formula is C18H26N2. The summed E-state index contributed by atoms with van der Waals surface area (Å²) in [6.07, 6.45) is 1.17. The van der Waals surface area contributed by atoms with E-state index in [0.29, 0.717) is 11.8 Å². The van der Waals surface area contributed by atoms with Gasteiger partial charge in [-0.2, -0.15) is 0 Å². The second kappa shape index (κ2) is 6.25. The van der Waals surface area contributed by atoms with E-state index in [4.69, 9.17) is 4.98 Å². The summed E-state index contributed by atoms with van der Waals surface area (Å²) < 4.78 is 0.